The molecule has 0 aliphatic carbocycles. The van der Waals surface area contributed by atoms with Gasteiger partial charge in [-0.1, -0.05) is 30.1 Å². The third-order valence-electron chi connectivity index (χ3n) is 3.19. The van der Waals surface area contributed by atoms with Crippen LogP contribution in [0.15, 0.2) is 17.0 Å². The predicted molar refractivity (Wildman–Crippen MR) is 85.7 cm³/mol. The first-order valence-electron chi connectivity index (χ1n) is 6.30. The summed E-state index contributed by atoms with van der Waals surface area (Å²) < 4.78 is 0. The summed E-state index contributed by atoms with van der Waals surface area (Å²) in [6, 6.07) is 2.83. The highest BCUT2D eigenvalue weighted by atomic mass is 35.5. The average Bonchev–Trinajstić information content (AvgIpc) is 2.70. The van der Waals surface area contributed by atoms with Crippen LogP contribution in [0.1, 0.15) is 25.8 Å². The van der Waals surface area contributed by atoms with Gasteiger partial charge in [0.05, 0.1) is 15.0 Å². The van der Waals surface area contributed by atoms with Crippen molar-refractivity contribution in [2.75, 3.05) is 0 Å². The number of nitrogens with zero attached hydrogens (tertiary/aromatic N) is 1. The van der Waals surface area contributed by atoms with E-state index in [4.69, 9.17) is 23.2 Å². The SMILES string of the molecule is CC[C@H](C)N1C(=O)S/C(=C/c2cc(Cl)c(O)c(Cl)c2)C1=O. The van der Waals surface area contributed by atoms with Crippen LogP contribution in [-0.4, -0.2) is 27.2 Å². The molecule has 21 heavy (non-hydrogen) atoms. The molecule has 0 saturated carbocycles. The number of imide groups is 1. The number of aromatic hydroxyl groups is 1. The van der Waals surface area contributed by atoms with E-state index in [1.807, 2.05) is 13.8 Å². The van der Waals surface area contributed by atoms with E-state index in [1.54, 1.807) is 6.08 Å². The van der Waals surface area contributed by atoms with Crippen molar-refractivity contribution in [1.29, 1.82) is 0 Å². The maximum Gasteiger partial charge on any atom is 0.293 e. The molecule has 7 heteroatoms. The van der Waals surface area contributed by atoms with Crippen molar-refractivity contribution in [3.05, 3.63) is 32.6 Å². The van der Waals surface area contributed by atoms with Crippen LogP contribution >= 0.6 is 35.0 Å². The van der Waals surface area contributed by atoms with Crippen molar-refractivity contribution in [2.45, 2.75) is 26.3 Å². The van der Waals surface area contributed by atoms with Gasteiger partial charge in [0.25, 0.3) is 11.1 Å². The van der Waals surface area contributed by atoms with E-state index in [1.165, 1.54) is 17.0 Å². The third kappa shape index (κ3) is 3.20. The second-order valence-electron chi connectivity index (χ2n) is 4.64. The monoisotopic (exact) mass is 345 g/mol. The normalized spacial score (nSPS) is 18.7. The Balaban J connectivity index is 2.35. The fraction of sp³-hybridized carbons (Fsp3) is 0.286. The molecule has 4 nitrogen and oxygen atoms in total. The van der Waals surface area contributed by atoms with Gasteiger partial charge in [0.15, 0.2) is 5.75 Å². The second kappa shape index (κ2) is 6.30. The van der Waals surface area contributed by atoms with Gasteiger partial charge in [-0.05, 0) is 48.9 Å². The van der Waals surface area contributed by atoms with E-state index in [0.29, 0.717) is 16.9 Å². The van der Waals surface area contributed by atoms with Crippen molar-refractivity contribution in [3.63, 3.8) is 0 Å². The van der Waals surface area contributed by atoms with Crippen LogP contribution < -0.4 is 0 Å². The second-order valence-corrected chi connectivity index (χ2v) is 6.45. The Labute approximate surface area is 136 Å². The highest BCUT2D eigenvalue weighted by Crippen LogP contribution is 2.37. The zero-order chi connectivity index (χ0) is 15.7. The van der Waals surface area contributed by atoms with Gasteiger partial charge in [0.2, 0.25) is 0 Å². The van der Waals surface area contributed by atoms with Gasteiger partial charge in [0.1, 0.15) is 0 Å². The number of rotatable bonds is 3. The Morgan fingerprint density at radius 1 is 1.33 bits per heavy atom. The molecule has 0 bridgehead atoms. The molecule has 1 atom stereocenters. The summed E-state index contributed by atoms with van der Waals surface area (Å²) in [5, 5.41) is 9.42. The smallest absolute Gasteiger partial charge is 0.293 e. The van der Waals surface area contributed by atoms with Gasteiger partial charge in [0, 0.05) is 6.04 Å². The largest absolute Gasteiger partial charge is 0.505 e. The molecule has 1 aromatic rings. The standard InChI is InChI=1S/C14H13Cl2NO3S/c1-3-7(2)17-13(19)11(21-14(17)20)6-8-4-9(15)12(18)10(16)5-8/h4-7,18H,3H2,1-2H3/b11-6+/t7-/m0/s1. The zero-order valence-electron chi connectivity index (χ0n) is 11.4. The van der Waals surface area contributed by atoms with E-state index in [9.17, 15) is 14.7 Å². The molecular weight excluding hydrogens is 333 g/mol. The molecule has 1 aromatic carbocycles. The van der Waals surface area contributed by atoms with Crippen LogP contribution in [0.2, 0.25) is 10.0 Å². The molecule has 1 fully saturated rings. The van der Waals surface area contributed by atoms with Crippen molar-refractivity contribution in [3.8, 4) is 5.75 Å². The van der Waals surface area contributed by atoms with E-state index < -0.39 is 0 Å². The van der Waals surface area contributed by atoms with Crippen LogP contribution in [0.25, 0.3) is 6.08 Å². The molecule has 0 unspecified atom stereocenters. The van der Waals surface area contributed by atoms with Crippen molar-refractivity contribution < 1.29 is 14.7 Å². The van der Waals surface area contributed by atoms with Crippen LogP contribution in [0, 0.1) is 0 Å². The summed E-state index contributed by atoms with van der Waals surface area (Å²) in [7, 11) is 0. The number of hydrogen-bond acceptors (Lipinski definition) is 4. The van der Waals surface area contributed by atoms with Crippen LogP contribution in [0.5, 0.6) is 5.75 Å². The Morgan fingerprint density at radius 2 is 1.90 bits per heavy atom. The van der Waals surface area contributed by atoms with Gasteiger partial charge in [-0.15, -0.1) is 0 Å². The summed E-state index contributed by atoms with van der Waals surface area (Å²) in [6.45, 7) is 3.74. The first kappa shape index (κ1) is 16.2. The molecule has 1 aliphatic rings. The Morgan fingerprint density at radius 3 is 2.43 bits per heavy atom. The number of hydrogen-bond donors (Lipinski definition) is 1. The van der Waals surface area contributed by atoms with Crippen LogP contribution in [-0.2, 0) is 4.79 Å². The molecule has 1 saturated heterocycles. The van der Waals surface area contributed by atoms with Gasteiger partial charge < -0.3 is 5.11 Å². The van der Waals surface area contributed by atoms with Gasteiger partial charge in [-0.2, -0.15) is 0 Å². The lowest BCUT2D eigenvalue weighted by molar-refractivity contribution is -0.124. The number of benzene rings is 1. The van der Waals surface area contributed by atoms with E-state index >= 15 is 0 Å². The average molecular weight is 346 g/mol. The minimum absolute atomic E-state index is 0.0925. The van der Waals surface area contributed by atoms with E-state index in [0.717, 1.165) is 11.8 Å². The minimum Gasteiger partial charge on any atom is -0.505 e. The fourth-order valence-electron chi connectivity index (χ4n) is 1.86. The Kier molecular flexibility index (Phi) is 4.86. The highest BCUT2D eigenvalue weighted by Gasteiger charge is 2.37. The lowest BCUT2D eigenvalue weighted by Crippen LogP contribution is -2.36. The number of carbonyl (C=O) groups excluding carboxylic acids is 2. The number of thioether (sulfide) groups is 1. The lowest BCUT2D eigenvalue weighted by atomic mass is 10.2. The maximum atomic E-state index is 12.3. The zero-order valence-corrected chi connectivity index (χ0v) is 13.7. The van der Waals surface area contributed by atoms with Crippen molar-refractivity contribution in [1.82, 2.24) is 4.90 Å². The molecule has 1 aliphatic heterocycles. The summed E-state index contributed by atoms with van der Waals surface area (Å²) in [6.07, 6.45) is 2.24. The van der Waals surface area contributed by atoms with Crippen LogP contribution in [0.3, 0.4) is 0 Å². The van der Waals surface area contributed by atoms with Crippen molar-refractivity contribution in [2.24, 2.45) is 0 Å². The molecule has 1 heterocycles. The number of carbonyl (C=O) groups is 2. The fourth-order valence-corrected chi connectivity index (χ4v) is 3.30. The highest BCUT2D eigenvalue weighted by molar-refractivity contribution is 8.18. The predicted octanol–water partition coefficient (Wildman–Crippen LogP) is 4.53. The van der Waals surface area contributed by atoms with Gasteiger partial charge in [-0.3, -0.25) is 14.5 Å². The lowest BCUT2D eigenvalue weighted by Gasteiger charge is -2.19. The molecule has 2 rings (SSSR count). The molecule has 0 spiro atoms. The third-order valence-corrected chi connectivity index (χ3v) is 4.65. The molecule has 1 N–H and O–H groups in total. The van der Waals surface area contributed by atoms with Crippen molar-refractivity contribution >= 4 is 52.2 Å². The molecule has 2 amide bonds. The summed E-state index contributed by atoms with van der Waals surface area (Å²) in [5.74, 6) is -0.525. The Hall–Kier alpha value is -1.17. The summed E-state index contributed by atoms with van der Waals surface area (Å²) in [4.78, 5) is 25.7. The quantitative estimate of drug-likeness (QED) is 0.817. The minimum atomic E-state index is -0.320. The topological polar surface area (TPSA) is 57.6 Å². The van der Waals surface area contributed by atoms with Gasteiger partial charge in [-0.25, -0.2) is 0 Å². The van der Waals surface area contributed by atoms with E-state index in [2.05, 4.69) is 0 Å². The number of phenols is 1. The maximum absolute atomic E-state index is 12.3. The molecular formula is C14H13Cl2NO3S. The first-order valence-corrected chi connectivity index (χ1v) is 7.87. The molecule has 0 radical (unpaired) electrons. The summed E-state index contributed by atoms with van der Waals surface area (Å²) in [5.41, 5.74) is 0.553. The molecule has 112 valence electrons. The number of phenolic OH excluding ortho intramolecular Hbond substituents is 1. The molecule has 0 aromatic heterocycles. The van der Waals surface area contributed by atoms with Gasteiger partial charge >= 0.3 is 0 Å². The first-order chi connectivity index (χ1) is 9.85. The van der Waals surface area contributed by atoms with E-state index in [-0.39, 0.29) is 33.0 Å². The van der Waals surface area contributed by atoms with Crippen LogP contribution in [0.4, 0.5) is 4.79 Å². The Bertz CT molecular complexity index is 622. The number of halogens is 2. The summed E-state index contributed by atoms with van der Waals surface area (Å²) >= 11 is 12.6. The number of amides is 2.